The van der Waals surface area contributed by atoms with Gasteiger partial charge in [-0.3, -0.25) is 14.5 Å². The van der Waals surface area contributed by atoms with Crippen LogP contribution in [-0.2, 0) is 14.4 Å². The van der Waals surface area contributed by atoms with Crippen molar-refractivity contribution in [2.24, 2.45) is 5.16 Å². The molecule has 1 fully saturated rings. The number of carboxylic acids is 1. The molecule has 2 aliphatic rings. The van der Waals surface area contributed by atoms with Gasteiger partial charge in [0.2, 0.25) is 0 Å². The van der Waals surface area contributed by atoms with E-state index >= 15 is 0 Å². The maximum Gasteiger partial charge on any atom is 1.00 e. The molecule has 0 saturated carbocycles. The van der Waals surface area contributed by atoms with Crippen molar-refractivity contribution in [3.63, 3.8) is 0 Å². The molecule has 0 unspecified atom stereocenters. The SMILES string of the molecule is Nc1nc(/C(=N/O)C(=O)N[C@@H]2C(=O)N3C(C(=O)[O-])=C(/C=C\c4cc(OCCF)no4)CS[C@H]23)cs1.[Na+]. The molecule has 17 heteroatoms. The summed E-state index contributed by atoms with van der Waals surface area (Å²) in [4.78, 5) is 42.0. The van der Waals surface area contributed by atoms with Crippen molar-refractivity contribution in [2.75, 3.05) is 24.8 Å². The second kappa shape index (κ2) is 11.9. The van der Waals surface area contributed by atoms with E-state index in [2.05, 4.69) is 20.6 Å². The first-order valence-corrected chi connectivity index (χ1v) is 11.7. The number of fused-ring (bicyclic) bond motifs is 1. The molecular formula is C19H16FN6NaO7S2. The number of allylic oxidation sites excluding steroid dienone is 1. The number of carbonyl (C=O) groups is 3. The van der Waals surface area contributed by atoms with Crippen LogP contribution in [0.1, 0.15) is 11.5 Å². The number of nitrogens with one attached hydrogen (secondary N) is 1. The molecule has 4 N–H and O–H groups in total. The summed E-state index contributed by atoms with van der Waals surface area (Å²) in [6.45, 7) is -0.886. The van der Waals surface area contributed by atoms with Gasteiger partial charge in [0.15, 0.2) is 16.6 Å². The number of aliphatic carboxylic acids is 1. The van der Waals surface area contributed by atoms with Gasteiger partial charge in [0.25, 0.3) is 17.7 Å². The molecule has 4 rings (SSSR count). The minimum Gasteiger partial charge on any atom is -0.543 e. The zero-order valence-electron chi connectivity index (χ0n) is 18.5. The number of thioether (sulfide) groups is 1. The van der Waals surface area contributed by atoms with Crippen molar-refractivity contribution >= 4 is 57.8 Å². The van der Waals surface area contributed by atoms with Gasteiger partial charge >= 0.3 is 29.6 Å². The fourth-order valence-corrected chi connectivity index (χ4v) is 5.19. The average Bonchev–Trinajstić information content (AvgIpc) is 3.48. The Labute approximate surface area is 232 Å². The van der Waals surface area contributed by atoms with Crippen LogP contribution in [0, 0.1) is 0 Å². The summed E-state index contributed by atoms with van der Waals surface area (Å²) in [5, 5.41) is 30.9. The number of ether oxygens (including phenoxy) is 1. The van der Waals surface area contributed by atoms with Crippen LogP contribution in [0.15, 0.2) is 38.5 Å². The topological polar surface area (TPSA) is 196 Å². The number of amides is 2. The molecule has 36 heavy (non-hydrogen) atoms. The summed E-state index contributed by atoms with van der Waals surface area (Å²) in [5.41, 5.74) is 5.04. The van der Waals surface area contributed by atoms with E-state index in [0.717, 1.165) is 16.2 Å². The molecule has 2 aromatic rings. The fourth-order valence-electron chi connectivity index (χ4n) is 3.32. The number of nitrogen functional groups attached to an aromatic ring is 1. The number of alkyl halides is 1. The third-order valence-electron chi connectivity index (χ3n) is 4.84. The zero-order chi connectivity index (χ0) is 25.1. The Morgan fingerprint density at radius 3 is 2.89 bits per heavy atom. The first kappa shape index (κ1) is 27.7. The van der Waals surface area contributed by atoms with Gasteiger partial charge in [-0.05, 0) is 16.8 Å². The minimum atomic E-state index is -1.58. The number of aromatic nitrogens is 2. The Kier molecular flexibility index (Phi) is 9.13. The van der Waals surface area contributed by atoms with Crippen LogP contribution >= 0.6 is 23.1 Å². The van der Waals surface area contributed by atoms with Crippen molar-refractivity contribution in [2.45, 2.75) is 11.4 Å². The van der Waals surface area contributed by atoms with Gasteiger partial charge in [-0.25, -0.2) is 9.37 Å². The summed E-state index contributed by atoms with van der Waals surface area (Å²) in [6.07, 6.45) is 2.84. The summed E-state index contributed by atoms with van der Waals surface area (Å²) in [7, 11) is 0. The number of carbonyl (C=O) groups excluding carboxylic acids is 3. The van der Waals surface area contributed by atoms with Crippen molar-refractivity contribution in [3.05, 3.63) is 40.2 Å². The van der Waals surface area contributed by atoms with Crippen molar-refractivity contribution in [1.29, 1.82) is 0 Å². The largest absolute Gasteiger partial charge is 1.00 e. The second-order valence-electron chi connectivity index (χ2n) is 6.98. The molecule has 13 nitrogen and oxygen atoms in total. The Balaban J connectivity index is 0.00000361. The van der Waals surface area contributed by atoms with E-state index < -0.39 is 41.6 Å². The second-order valence-corrected chi connectivity index (χ2v) is 8.97. The Morgan fingerprint density at radius 1 is 1.47 bits per heavy atom. The van der Waals surface area contributed by atoms with E-state index in [1.807, 2.05) is 0 Å². The van der Waals surface area contributed by atoms with Crippen LogP contribution in [0.4, 0.5) is 9.52 Å². The summed E-state index contributed by atoms with van der Waals surface area (Å²) >= 11 is 2.24. The van der Waals surface area contributed by atoms with Crippen LogP contribution in [0.2, 0.25) is 0 Å². The number of carboxylic acid groups (broad SMARTS) is 1. The number of β-lactam (4-membered cyclic amide) rings is 1. The normalized spacial score (nSPS) is 19.5. The number of nitrogens with zero attached hydrogens (tertiary/aromatic N) is 4. The molecule has 0 radical (unpaired) electrons. The number of hydrogen-bond donors (Lipinski definition) is 3. The number of anilines is 1. The van der Waals surface area contributed by atoms with Gasteiger partial charge in [0, 0.05) is 17.2 Å². The molecule has 184 valence electrons. The van der Waals surface area contributed by atoms with E-state index in [0.29, 0.717) is 0 Å². The molecule has 0 aromatic carbocycles. The van der Waals surface area contributed by atoms with Crippen LogP contribution in [0.5, 0.6) is 5.88 Å². The molecule has 4 heterocycles. The van der Waals surface area contributed by atoms with Gasteiger partial charge < -0.3 is 35.4 Å². The Bertz CT molecular complexity index is 1260. The predicted molar refractivity (Wildman–Crippen MR) is 119 cm³/mol. The van der Waals surface area contributed by atoms with Crippen molar-refractivity contribution in [1.82, 2.24) is 20.4 Å². The number of hydrogen-bond acceptors (Lipinski definition) is 13. The van der Waals surface area contributed by atoms with E-state index in [-0.39, 0.29) is 75.7 Å². The molecule has 0 aliphatic carbocycles. The molecule has 2 aromatic heterocycles. The smallest absolute Gasteiger partial charge is 0.543 e. The number of nitrogens with two attached hydrogens (primary N) is 1. The summed E-state index contributed by atoms with van der Waals surface area (Å²) < 4.78 is 22.2. The van der Waals surface area contributed by atoms with Gasteiger partial charge in [0.1, 0.15) is 30.4 Å². The average molecular weight is 546 g/mol. The minimum absolute atomic E-state index is 0. The number of thiazole rings is 1. The molecule has 0 bridgehead atoms. The number of rotatable bonds is 9. The third-order valence-corrected chi connectivity index (χ3v) is 6.82. The predicted octanol–water partition coefficient (Wildman–Crippen LogP) is -3.64. The van der Waals surface area contributed by atoms with Crippen LogP contribution < -0.4 is 50.5 Å². The fraction of sp³-hybridized carbons (Fsp3) is 0.263. The maximum atomic E-state index is 12.8. The zero-order valence-corrected chi connectivity index (χ0v) is 22.2. The number of halogens is 1. The van der Waals surface area contributed by atoms with E-state index in [9.17, 15) is 29.1 Å². The van der Waals surface area contributed by atoms with Crippen LogP contribution in [0.25, 0.3) is 6.08 Å². The Morgan fingerprint density at radius 2 is 2.25 bits per heavy atom. The monoisotopic (exact) mass is 546 g/mol. The van der Waals surface area contributed by atoms with E-state index in [4.69, 9.17) is 15.0 Å². The molecular weight excluding hydrogens is 530 g/mol. The summed E-state index contributed by atoms with van der Waals surface area (Å²) in [6, 6.07) is 0.324. The molecule has 1 saturated heterocycles. The molecule has 2 atom stereocenters. The molecule has 0 spiro atoms. The standard InChI is InChI=1S/C19H17FN6O7S2.Na/c20-3-4-32-11-5-9(33-25-11)2-1-8-6-34-17-13(16(28)26(17)14(8)18(29)30)23-15(27)12(24-31)10-7-35-19(21)22-10;/h1-2,5,7,13,17,31H,3-4,6H2,(H2,21,22)(H,23,27)(H,29,30);/q;+1/p-1/b2-1-,24-12-;/t13-,17-;/m1./s1. The maximum absolute atomic E-state index is 12.8. The summed E-state index contributed by atoms with van der Waals surface area (Å²) in [5.74, 6) is -2.68. The van der Waals surface area contributed by atoms with Crippen LogP contribution in [0.3, 0.4) is 0 Å². The first-order valence-electron chi connectivity index (χ1n) is 9.81. The quantitative estimate of drug-likeness (QED) is 0.0922. The third kappa shape index (κ3) is 5.57. The first-order chi connectivity index (χ1) is 16.8. The molecule has 2 aliphatic heterocycles. The van der Waals surface area contributed by atoms with E-state index in [1.54, 1.807) is 0 Å². The van der Waals surface area contributed by atoms with Crippen LogP contribution in [-0.4, -0.2) is 74.2 Å². The van der Waals surface area contributed by atoms with Gasteiger partial charge in [-0.1, -0.05) is 11.2 Å². The van der Waals surface area contributed by atoms with Crippen molar-refractivity contribution in [3.8, 4) is 5.88 Å². The van der Waals surface area contributed by atoms with Gasteiger partial charge in [-0.2, -0.15) is 0 Å². The Hall–Kier alpha value is -2.92. The van der Waals surface area contributed by atoms with Gasteiger partial charge in [-0.15, -0.1) is 23.1 Å². The molecule has 2 amide bonds. The van der Waals surface area contributed by atoms with Crippen molar-refractivity contribution < 1.29 is 67.9 Å². The van der Waals surface area contributed by atoms with Gasteiger partial charge in [0.05, 0.1) is 11.7 Å². The van der Waals surface area contributed by atoms with E-state index in [1.165, 1.54) is 35.4 Å². The number of oxime groups is 1.